The molecule has 2 rings (SSSR count). The van der Waals surface area contributed by atoms with Gasteiger partial charge in [-0.05, 0) is 18.6 Å². The number of rotatable bonds is 11. The number of thioether (sulfide) groups is 1. The summed E-state index contributed by atoms with van der Waals surface area (Å²) in [6.45, 7) is 2.86. The molecule has 0 unspecified atom stereocenters. The molecule has 2 N–H and O–H groups in total. The van der Waals surface area contributed by atoms with Crippen LogP contribution in [0.3, 0.4) is 0 Å². The number of hydrogen-bond acceptors (Lipinski definition) is 6. The summed E-state index contributed by atoms with van der Waals surface area (Å²) in [4.78, 5) is 23.9. The molecular formula is C18H26N4O3S. The number of amidine groups is 1. The minimum absolute atomic E-state index is 0.105. The summed E-state index contributed by atoms with van der Waals surface area (Å²) < 4.78 is 5.10. The van der Waals surface area contributed by atoms with E-state index in [-0.39, 0.29) is 18.2 Å². The van der Waals surface area contributed by atoms with Gasteiger partial charge in [0, 0.05) is 13.0 Å². The minimum Gasteiger partial charge on any atom is -0.463 e. The van der Waals surface area contributed by atoms with Gasteiger partial charge in [0.2, 0.25) is 11.8 Å². The monoisotopic (exact) mass is 378 g/mol. The van der Waals surface area contributed by atoms with Gasteiger partial charge in [-0.2, -0.15) is 5.10 Å². The predicted octanol–water partition coefficient (Wildman–Crippen LogP) is 3.07. The van der Waals surface area contributed by atoms with E-state index < -0.39 is 5.25 Å². The van der Waals surface area contributed by atoms with E-state index in [0.717, 1.165) is 12.8 Å². The summed E-state index contributed by atoms with van der Waals surface area (Å²) >= 11 is 1.22. The molecule has 2 heterocycles. The van der Waals surface area contributed by atoms with Gasteiger partial charge in [-0.1, -0.05) is 50.8 Å². The number of carbonyl (C=O) groups excluding carboxylic acids is 2. The van der Waals surface area contributed by atoms with Gasteiger partial charge in [0.25, 0.3) is 0 Å². The minimum atomic E-state index is -0.461. The molecule has 1 fully saturated rings. The van der Waals surface area contributed by atoms with Crippen molar-refractivity contribution >= 4 is 35.0 Å². The van der Waals surface area contributed by atoms with E-state index in [4.69, 9.17) is 4.42 Å². The fraction of sp³-hybridized carbons (Fsp3) is 0.556. The third kappa shape index (κ3) is 7.43. The van der Waals surface area contributed by atoms with Gasteiger partial charge in [-0.15, -0.1) is 5.10 Å². The first-order valence-corrected chi connectivity index (χ1v) is 9.95. The Bertz CT molecular complexity index is 628. The molecule has 1 aliphatic rings. The summed E-state index contributed by atoms with van der Waals surface area (Å²) in [5, 5.41) is 13.3. The first-order chi connectivity index (χ1) is 12.7. The van der Waals surface area contributed by atoms with Crippen molar-refractivity contribution in [1.82, 2.24) is 10.6 Å². The highest BCUT2D eigenvalue weighted by Crippen LogP contribution is 2.22. The second-order valence-electron chi connectivity index (χ2n) is 6.08. The van der Waals surface area contributed by atoms with E-state index in [1.54, 1.807) is 18.4 Å². The SMILES string of the molecule is CCCCCCCCNC(=O)C[C@@H]1S/C(=N/N=C\c2ccco2)NC1=O. The van der Waals surface area contributed by atoms with Gasteiger partial charge >= 0.3 is 0 Å². The topological polar surface area (TPSA) is 96.1 Å². The molecule has 0 spiro atoms. The normalized spacial score (nSPS) is 18.6. The van der Waals surface area contributed by atoms with E-state index in [2.05, 4.69) is 27.8 Å². The first-order valence-electron chi connectivity index (χ1n) is 9.07. The number of hydrogen-bond donors (Lipinski definition) is 2. The number of unbranched alkanes of at least 4 members (excludes halogenated alkanes) is 5. The van der Waals surface area contributed by atoms with Crippen molar-refractivity contribution < 1.29 is 14.0 Å². The van der Waals surface area contributed by atoms with E-state index in [1.807, 2.05) is 0 Å². The van der Waals surface area contributed by atoms with Gasteiger partial charge in [-0.3, -0.25) is 9.59 Å². The first kappa shape index (κ1) is 20.2. The summed E-state index contributed by atoms with van der Waals surface area (Å²) in [6.07, 6.45) is 10.2. The number of nitrogens with zero attached hydrogens (tertiary/aromatic N) is 2. The van der Waals surface area contributed by atoms with Crippen molar-refractivity contribution in [2.45, 2.75) is 57.1 Å². The molecule has 0 saturated carbocycles. The Morgan fingerprint density at radius 1 is 1.35 bits per heavy atom. The number of nitrogens with one attached hydrogen (secondary N) is 2. The third-order valence-corrected chi connectivity index (χ3v) is 4.95. The second-order valence-corrected chi connectivity index (χ2v) is 7.27. The van der Waals surface area contributed by atoms with Gasteiger partial charge in [0.05, 0.1) is 12.5 Å². The van der Waals surface area contributed by atoms with Crippen molar-refractivity contribution in [2.75, 3.05) is 6.54 Å². The van der Waals surface area contributed by atoms with Crippen LogP contribution >= 0.6 is 11.8 Å². The highest BCUT2D eigenvalue weighted by Gasteiger charge is 2.32. The molecule has 1 aliphatic heterocycles. The number of carbonyl (C=O) groups is 2. The van der Waals surface area contributed by atoms with Crippen LogP contribution in [0.1, 0.15) is 57.6 Å². The standard InChI is InChI=1S/C18H26N4O3S/c1-2-3-4-5-6-7-10-19-16(23)12-15-17(24)21-18(26-15)22-20-13-14-9-8-11-25-14/h8-9,11,13,15H,2-7,10,12H2,1H3,(H,19,23)(H,21,22,24)/b20-13-/t15-/m0/s1. The summed E-state index contributed by atoms with van der Waals surface area (Å²) in [5.74, 6) is 0.262. The van der Waals surface area contributed by atoms with E-state index >= 15 is 0 Å². The van der Waals surface area contributed by atoms with Crippen molar-refractivity contribution in [1.29, 1.82) is 0 Å². The average Bonchev–Trinajstić information content (AvgIpc) is 3.24. The molecule has 26 heavy (non-hydrogen) atoms. The van der Waals surface area contributed by atoms with Crippen LogP contribution in [-0.2, 0) is 9.59 Å². The second kappa shape index (κ2) is 11.5. The molecule has 0 aliphatic carbocycles. The Morgan fingerprint density at radius 2 is 2.15 bits per heavy atom. The molecule has 1 atom stereocenters. The van der Waals surface area contributed by atoms with Crippen LogP contribution < -0.4 is 10.6 Å². The molecule has 0 aromatic carbocycles. The highest BCUT2D eigenvalue weighted by atomic mass is 32.2. The molecule has 1 aromatic heterocycles. The van der Waals surface area contributed by atoms with Crippen LogP contribution in [0.15, 0.2) is 33.0 Å². The Labute approximate surface area is 158 Å². The average molecular weight is 378 g/mol. The zero-order valence-electron chi connectivity index (χ0n) is 15.1. The molecule has 0 bridgehead atoms. The Hall–Kier alpha value is -2.09. The van der Waals surface area contributed by atoms with Gasteiger partial charge in [-0.25, -0.2) is 0 Å². The molecule has 2 amide bonds. The maximum Gasteiger partial charge on any atom is 0.240 e. The number of furan rings is 1. The van der Waals surface area contributed by atoms with E-state index in [0.29, 0.717) is 17.5 Å². The summed E-state index contributed by atoms with van der Waals surface area (Å²) in [5.41, 5.74) is 0. The van der Waals surface area contributed by atoms with Crippen LogP contribution in [0.5, 0.6) is 0 Å². The Kier molecular flexibility index (Phi) is 8.95. The zero-order chi connectivity index (χ0) is 18.6. The number of amides is 2. The van der Waals surface area contributed by atoms with Crippen LogP contribution in [0.4, 0.5) is 0 Å². The Morgan fingerprint density at radius 3 is 2.92 bits per heavy atom. The van der Waals surface area contributed by atoms with Crippen molar-refractivity contribution in [2.24, 2.45) is 10.2 Å². The predicted molar refractivity (Wildman–Crippen MR) is 104 cm³/mol. The third-order valence-electron chi connectivity index (χ3n) is 3.88. The highest BCUT2D eigenvalue weighted by molar-refractivity contribution is 8.15. The van der Waals surface area contributed by atoms with Crippen LogP contribution in [-0.4, -0.2) is 35.0 Å². The molecular weight excluding hydrogens is 352 g/mol. The van der Waals surface area contributed by atoms with Crippen LogP contribution in [0, 0.1) is 0 Å². The molecule has 1 aromatic rings. The van der Waals surface area contributed by atoms with Crippen molar-refractivity contribution in [3.8, 4) is 0 Å². The lowest BCUT2D eigenvalue weighted by Crippen LogP contribution is -2.31. The van der Waals surface area contributed by atoms with Gasteiger partial charge < -0.3 is 15.1 Å². The van der Waals surface area contributed by atoms with E-state index in [9.17, 15) is 9.59 Å². The summed E-state index contributed by atoms with van der Waals surface area (Å²) in [6, 6.07) is 3.50. The molecule has 8 heteroatoms. The lowest BCUT2D eigenvalue weighted by atomic mass is 10.1. The molecule has 142 valence electrons. The van der Waals surface area contributed by atoms with E-state index in [1.165, 1.54) is 43.7 Å². The lowest BCUT2D eigenvalue weighted by molar-refractivity contribution is -0.125. The largest absolute Gasteiger partial charge is 0.463 e. The zero-order valence-corrected chi connectivity index (χ0v) is 15.9. The maximum atomic E-state index is 12.0. The maximum absolute atomic E-state index is 12.0. The quantitative estimate of drug-likeness (QED) is 0.351. The van der Waals surface area contributed by atoms with Crippen molar-refractivity contribution in [3.63, 3.8) is 0 Å². The summed E-state index contributed by atoms with van der Waals surface area (Å²) in [7, 11) is 0. The lowest BCUT2D eigenvalue weighted by Gasteiger charge is -2.07. The molecule has 7 nitrogen and oxygen atoms in total. The fourth-order valence-corrected chi connectivity index (χ4v) is 3.39. The van der Waals surface area contributed by atoms with Gasteiger partial charge in [0.15, 0.2) is 5.17 Å². The van der Waals surface area contributed by atoms with Crippen molar-refractivity contribution in [3.05, 3.63) is 24.2 Å². The Balaban J connectivity index is 1.64. The smallest absolute Gasteiger partial charge is 0.240 e. The van der Waals surface area contributed by atoms with Crippen LogP contribution in [0.25, 0.3) is 0 Å². The van der Waals surface area contributed by atoms with Crippen LogP contribution in [0.2, 0.25) is 0 Å². The van der Waals surface area contributed by atoms with Gasteiger partial charge in [0.1, 0.15) is 11.0 Å². The fourth-order valence-electron chi connectivity index (χ4n) is 2.46. The molecule has 1 saturated heterocycles. The molecule has 0 radical (unpaired) electrons.